The van der Waals surface area contributed by atoms with Gasteiger partial charge in [0.1, 0.15) is 23.5 Å². The predicted octanol–water partition coefficient (Wildman–Crippen LogP) is 1.61. The highest BCUT2D eigenvalue weighted by molar-refractivity contribution is 5.98. The standard InChI is InChI=1S/C23H19FN10O2/c1-13-8-15(4-7-17(13)24)11-25-21(35)18-9-19(34-23(29-18)27-12-28-34)22(36)26-10-14-2-5-16(6-3-14)20-30-32-33-31-20/h2-9,12H,10-11H2,1H3,(H,25,35)(H,26,36)(H,30,31,32,33). The molecule has 5 aromatic rings. The zero-order valence-corrected chi connectivity index (χ0v) is 18.9. The Bertz CT molecular complexity index is 1550. The molecule has 3 aromatic heterocycles. The number of hydrogen-bond acceptors (Lipinski definition) is 8. The molecule has 2 amide bonds. The molecule has 0 aliphatic heterocycles. The van der Waals surface area contributed by atoms with Crippen molar-refractivity contribution in [2.45, 2.75) is 20.0 Å². The average molecular weight is 486 g/mol. The van der Waals surface area contributed by atoms with Gasteiger partial charge in [0.05, 0.1) is 0 Å². The van der Waals surface area contributed by atoms with E-state index in [0.717, 1.165) is 16.7 Å². The molecule has 0 saturated carbocycles. The number of aromatic nitrogens is 8. The van der Waals surface area contributed by atoms with Crippen molar-refractivity contribution in [1.29, 1.82) is 0 Å². The van der Waals surface area contributed by atoms with E-state index in [1.54, 1.807) is 19.1 Å². The fraction of sp³-hybridized carbons (Fsp3) is 0.130. The first-order valence-corrected chi connectivity index (χ1v) is 10.8. The minimum Gasteiger partial charge on any atom is -0.347 e. The third-order valence-corrected chi connectivity index (χ3v) is 5.42. The zero-order chi connectivity index (χ0) is 25.1. The molecular formula is C23H19FN10O2. The topological polar surface area (TPSA) is 156 Å². The maximum Gasteiger partial charge on any atom is 0.270 e. The van der Waals surface area contributed by atoms with E-state index in [9.17, 15) is 14.0 Å². The summed E-state index contributed by atoms with van der Waals surface area (Å²) in [5.74, 6) is -0.636. The van der Waals surface area contributed by atoms with Gasteiger partial charge in [-0.25, -0.2) is 14.5 Å². The van der Waals surface area contributed by atoms with Crippen LogP contribution in [-0.4, -0.2) is 52.0 Å². The molecule has 0 fully saturated rings. The number of carbonyl (C=O) groups excluding carboxylic acids is 2. The summed E-state index contributed by atoms with van der Waals surface area (Å²) in [6, 6.07) is 13.3. The molecule has 5 rings (SSSR count). The number of tetrazole rings is 1. The van der Waals surface area contributed by atoms with E-state index >= 15 is 0 Å². The van der Waals surface area contributed by atoms with E-state index in [1.165, 1.54) is 23.0 Å². The molecule has 3 N–H and O–H groups in total. The van der Waals surface area contributed by atoms with Crippen molar-refractivity contribution in [3.63, 3.8) is 0 Å². The molecule has 36 heavy (non-hydrogen) atoms. The number of nitrogens with one attached hydrogen (secondary N) is 3. The van der Waals surface area contributed by atoms with E-state index in [4.69, 9.17) is 0 Å². The predicted molar refractivity (Wildman–Crippen MR) is 124 cm³/mol. The summed E-state index contributed by atoms with van der Waals surface area (Å²) in [5.41, 5.74) is 2.97. The first kappa shape index (κ1) is 22.7. The second kappa shape index (κ2) is 9.66. The minimum atomic E-state index is -0.506. The third-order valence-electron chi connectivity index (χ3n) is 5.42. The van der Waals surface area contributed by atoms with Gasteiger partial charge >= 0.3 is 0 Å². The van der Waals surface area contributed by atoms with E-state index in [2.05, 4.69) is 46.3 Å². The molecule has 2 aromatic carbocycles. The van der Waals surface area contributed by atoms with E-state index < -0.39 is 11.8 Å². The molecule has 0 radical (unpaired) electrons. The Morgan fingerprint density at radius 1 is 1.00 bits per heavy atom. The van der Waals surface area contributed by atoms with E-state index in [-0.39, 0.29) is 36.1 Å². The molecule has 0 bridgehead atoms. The van der Waals surface area contributed by atoms with Crippen LogP contribution < -0.4 is 10.6 Å². The highest BCUT2D eigenvalue weighted by Crippen LogP contribution is 2.14. The number of hydrogen-bond donors (Lipinski definition) is 3. The summed E-state index contributed by atoms with van der Waals surface area (Å²) in [5, 5.41) is 23.2. The van der Waals surface area contributed by atoms with Crippen molar-refractivity contribution in [3.8, 4) is 11.4 Å². The van der Waals surface area contributed by atoms with Crippen LogP contribution in [0.1, 0.15) is 37.7 Å². The number of rotatable bonds is 7. The van der Waals surface area contributed by atoms with Crippen molar-refractivity contribution in [2.24, 2.45) is 0 Å². The van der Waals surface area contributed by atoms with Gasteiger partial charge in [0.2, 0.25) is 0 Å². The fourth-order valence-electron chi connectivity index (χ4n) is 3.51. The Hall–Kier alpha value is -5.07. The number of amides is 2. The molecule has 12 nitrogen and oxygen atoms in total. The van der Waals surface area contributed by atoms with Crippen molar-refractivity contribution in [2.75, 3.05) is 0 Å². The highest BCUT2D eigenvalue weighted by atomic mass is 19.1. The Balaban J connectivity index is 1.29. The Morgan fingerprint density at radius 3 is 2.50 bits per heavy atom. The summed E-state index contributed by atoms with van der Waals surface area (Å²) in [6.07, 6.45) is 1.25. The van der Waals surface area contributed by atoms with Crippen LogP contribution in [0.4, 0.5) is 4.39 Å². The van der Waals surface area contributed by atoms with Crippen LogP contribution in [0.3, 0.4) is 0 Å². The Kier molecular flexibility index (Phi) is 6.09. The van der Waals surface area contributed by atoms with Crippen LogP contribution in [0.2, 0.25) is 0 Å². The number of benzene rings is 2. The molecular weight excluding hydrogens is 467 g/mol. The van der Waals surface area contributed by atoms with Crippen LogP contribution in [0.5, 0.6) is 0 Å². The lowest BCUT2D eigenvalue weighted by atomic mass is 10.1. The molecule has 180 valence electrons. The SMILES string of the molecule is Cc1cc(CNC(=O)c2cc(C(=O)NCc3ccc(-c4nnn[nH]4)cc3)n3ncnc3n2)ccc1F. The van der Waals surface area contributed by atoms with Crippen molar-refractivity contribution in [1.82, 2.24) is 50.8 Å². The number of nitrogens with zero attached hydrogens (tertiary/aromatic N) is 7. The molecule has 0 unspecified atom stereocenters. The maximum atomic E-state index is 13.5. The lowest BCUT2D eigenvalue weighted by Crippen LogP contribution is -2.28. The maximum absolute atomic E-state index is 13.5. The van der Waals surface area contributed by atoms with Gasteiger partial charge in [-0.3, -0.25) is 9.59 Å². The smallest absolute Gasteiger partial charge is 0.270 e. The van der Waals surface area contributed by atoms with Gasteiger partial charge in [0.25, 0.3) is 17.6 Å². The largest absolute Gasteiger partial charge is 0.347 e. The second-order valence-electron chi connectivity index (χ2n) is 7.89. The van der Waals surface area contributed by atoms with E-state index in [0.29, 0.717) is 11.4 Å². The summed E-state index contributed by atoms with van der Waals surface area (Å²) >= 11 is 0. The number of aromatic amines is 1. The van der Waals surface area contributed by atoms with Gasteiger partial charge in [0, 0.05) is 24.7 Å². The lowest BCUT2D eigenvalue weighted by Gasteiger charge is -2.10. The van der Waals surface area contributed by atoms with Crippen LogP contribution in [0.25, 0.3) is 17.2 Å². The van der Waals surface area contributed by atoms with Crippen molar-refractivity contribution in [3.05, 3.63) is 88.8 Å². The fourth-order valence-corrected chi connectivity index (χ4v) is 3.51. The van der Waals surface area contributed by atoms with Crippen LogP contribution >= 0.6 is 0 Å². The monoisotopic (exact) mass is 486 g/mol. The first-order valence-electron chi connectivity index (χ1n) is 10.8. The number of H-pyrrole nitrogens is 1. The van der Waals surface area contributed by atoms with Crippen LogP contribution in [-0.2, 0) is 13.1 Å². The average Bonchev–Trinajstić information content (AvgIpc) is 3.60. The van der Waals surface area contributed by atoms with Gasteiger partial charge in [0.15, 0.2) is 5.82 Å². The second-order valence-corrected chi connectivity index (χ2v) is 7.89. The molecule has 0 atom stereocenters. The molecule has 0 aliphatic carbocycles. The van der Waals surface area contributed by atoms with Crippen molar-refractivity contribution >= 4 is 17.6 Å². The molecule has 13 heteroatoms. The summed E-state index contributed by atoms with van der Waals surface area (Å²) in [6.45, 7) is 2.05. The summed E-state index contributed by atoms with van der Waals surface area (Å²) in [4.78, 5) is 34.0. The van der Waals surface area contributed by atoms with Gasteiger partial charge < -0.3 is 10.6 Å². The number of aryl methyl sites for hydroxylation is 1. The van der Waals surface area contributed by atoms with Gasteiger partial charge in [-0.15, -0.1) is 5.10 Å². The number of carbonyl (C=O) groups is 2. The zero-order valence-electron chi connectivity index (χ0n) is 18.9. The van der Waals surface area contributed by atoms with Crippen molar-refractivity contribution < 1.29 is 14.0 Å². The quantitative estimate of drug-likeness (QED) is 0.313. The van der Waals surface area contributed by atoms with Crippen LogP contribution in [0, 0.1) is 12.7 Å². The van der Waals surface area contributed by atoms with Gasteiger partial charge in [-0.1, -0.05) is 36.4 Å². The minimum absolute atomic E-state index is 0.00417. The summed E-state index contributed by atoms with van der Waals surface area (Å²) < 4.78 is 14.7. The third kappa shape index (κ3) is 4.75. The molecule has 3 heterocycles. The van der Waals surface area contributed by atoms with Gasteiger partial charge in [-0.05, 0) is 40.1 Å². The Morgan fingerprint density at radius 2 is 1.75 bits per heavy atom. The highest BCUT2D eigenvalue weighted by Gasteiger charge is 2.18. The molecule has 0 spiro atoms. The van der Waals surface area contributed by atoms with Gasteiger partial charge in [-0.2, -0.15) is 14.6 Å². The lowest BCUT2D eigenvalue weighted by molar-refractivity contribution is 0.0942. The number of fused-ring (bicyclic) bond motifs is 1. The van der Waals surface area contributed by atoms with Crippen LogP contribution in [0.15, 0.2) is 54.9 Å². The Labute approximate surface area is 203 Å². The van der Waals surface area contributed by atoms with E-state index in [1.807, 2.05) is 24.3 Å². The number of halogens is 1. The summed E-state index contributed by atoms with van der Waals surface area (Å²) in [7, 11) is 0. The first-order chi connectivity index (χ1) is 17.5. The molecule has 0 aliphatic rings. The molecule has 0 saturated heterocycles. The normalized spacial score (nSPS) is 10.9.